The number of carbonyl (C=O) groups is 1. The van der Waals surface area contributed by atoms with E-state index in [1.165, 1.54) is 0 Å². The third-order valence-corrected chi connectivity index (χ3v) is 1.53. The van der Waals surface area contributed by atoms with E-state index in [1.54, 1.807) is 6.20 Å². The van der Waals surface area contributed by atoms with Gasteiger partial charge in [0.1, 0.15) is 0 Å². The van der Waals surface area contributed by atoms with Gasteiger partial charge in [-0.25, -0.2) is 0 Å². The highest BCUT2D eigenvalue weighted by Gasteiger charge is 1.98. The number of carbonyl (C=O) groups excluding carboxylic acids is 1. The molecule has 52 valence electrons. The van der Waals surface area contributed by atoms with Crippen LogP contribution in [0.4, 0.5) is 0 Å². The molecule has 1 heterocycles. The summed E-state index contributed by atoms with van der Waals surface area (Å²) in [6, 6.07) is 1.83. The molecule has 0 aliphatic rings. The van der Waals surface area contributed by atoms with Crippen LogP contribution in [0.5, 0.6) is 0 Å². The first-order chi connectivity index (χ1) is 4.75. The van der Waals surface area contributed by atoms with Crippen LogP contribution in [0, 0.1) is 13.8 Å². The Morgan fingerprint density at radius 1 is 1.50 bits per heavy atom. The zero-order valence-electron chi connectivity index (χ0n) is 6.09. The van der Waals surface area contributed by atoms with Gasteiger partial charge in [0.15, 0.2) is 6.29 Å². The Labute approximate surface area is 59.9 Å². The first-order valence-electron chi connectivity index (χ1n) is 3.13. The van der Waals surface area contributed by atoms with Crippen molar-refractivity contribution in [1.29, 1.82) is 0 Å². The highest BCUT2D eigenvalue weighted by molar-refractivity contribution is 5.78. The Kier molecular flexibility index (Phi) is 1.81. The Morgan fingerprint density at radius 3 is 2.60 bits per heavy atom. The molecule has 0 atom stereocenters. The molecule has 0 aliphatic heterocycles. The van der Waals surface area contributed by atoms with Crippen LogP contribution in [0.1, 0.15) is 21.6 Å². The fourth-order valence-corrected chi connectivity index (χ4v) is 0.884. The zero-order chi connectivity index (χ0) is 7.56. The Morgan fingerprint density at radius 2 is 2.20 bits per heavy atom. The van der Waals surface area contributed by atoms with Crippen LogP contribution in [-0.2, 0) is 0 Å². The number of aldehydes is 1. The summed E-state index contributed by atoms with van der Waals surface area (Å²) in [5.41, 5.74) is 2.50. The number of nitrogens with zero attached hydrogens (tertiary/aromatic N) is 1. The first kappa shape index (κ1) is 6.93. The summed E-state index contributed by atoms with van der Waals surface area (Å²) in [7, 11) is 0. The Balaban J connectivity index is 3.30. The molecule has 0 aromatic carbocycles. The monoisotopic (exact) mass is 135 g/mol. The number of hydrogen-bond acceptors (Lipinski definition) is 2. The van der Waals surface area contributed by atoms with Gasteiger partial charge in [-0.1, -0.05) is 0 Å². The molecule has 10 heavy (non-hydrogen) atoms. The van der Waals surface area contributed by atoms with Crippen molar-refractivity contribution in [1.82, 2.24) is 4.98 Å². The number of aromatic nitrogens is 1. The summed E-state index contributed by atoms with van der Waals surface area (Å²) in [5.74, 6) is 0. The molecule has 0 radical (unpaired) electrons. The number of rotatable bonds is 1. The van der Waals surface area contributed by atoms with E-state index >= 15 is 0 Å². The molecule has 0 fully saturated rings. The van der Waals surface area contributed by atoms with Crippen molar-refractivity contribution < 1.29 is 4.79 Å². The van der Waals surface area contributed by atoms with Gasteiger partial charge in [0, 0.05) is 17.5 Å². The second kappa shape index (κ2) is 2.60. The van der Waals surface area contributed by atoms with E-state index in [9.17, 15) is 4.79 Å². The molecular weight excluding hydrogens is 126 g/mol. The van der Waals surface area contributed by atoms with Crippen LogP contribution in [0.3, 0.4) is 0 Å². The topological polar surface area (TPSA) is 30.0 Å². The normalized spacial score (nSPS) is 9.40. The number of aryl methyl sites for hydroxylation is 2. The van der Waals surface area contributed by atoms with Crippen molar-refractivity contribution >= 4 is 6.29 Å². The van der Waals surface area contributed by atoms with Crippen LogP contribution in [0.15, 0.2) is 12.3 Å². The summed E-state index contributed by atoms with van der Waals surface area (Å²) < 4.78 is 0. The molecule has 0 bridgehead atoms. The fraction of sp³-hybridized carbons (Fsp3) is 0.250. The van der Waals surface area contributed by atoms with E-state index in [-0.39, 0.29) is 0 Å². The summed E-state index contributed by atoms with van der Waals surface area (Å²) in [6.07, 6.45) is 2.55. The van der Waals surface area contributed by atoms with E-state index < -0.39 is 0 Å². The summed E-state index contributed by atoms with van der Waals surface area (Å²) in [6.45, 7) is 3.73. The summed E-state index contributed by atoms with van der Waals surface area (Å²) in [5, 5.41) is 0. The standard InChI is InChI=1S/C8H9NO/c1-6-3-4-9-7(2)8(6)5-10/h3-5H,1-2H3. The molecule has 2 nitrogen and oxygen atoms in total. The average molecular weight is 135 g/mol. The minimum Gasteiger partial charge on any atom is -0.298 e. The van der Waals surface area contributed by atoms with Gasteiger partial charge in [-0.05, 0) is 25.5 Å². The van der Waals surface area contributed by atoms with Crippen molar-refractivity contribution in [2.24, 2.45) is 0 Å². The van der Waals surface area contributed by atoms with Crippen molar-refractivity contribution in [3.8, 4) is 0 Å². The molecule has 0 N–H and O–H groups in total. The number of pyridine rings is 1. The van der Waals surface area contributed by atoms with Crippen LogP contribution in [0.25, 0.3) is 0 Å². The largest absolute Gasteiger partial charge is 0.298 e. The maximum Gasteiger partial charge on any atom is 0.152 e. The highest BCUT2D eigenvalue weighted by Crippen LogP contribution is 2.06. The molecule has 0 saturated heterocycles. The minimum absolute atomic E-state index is 0.711. The van der Waals surface area contributed by atoms with E-state index in [0.29, 0.717) is 5.56 Å². The van der Waals surface area contributed by atoms with Gasteiger partial charge in [-0.2, -0.15) is 0 Å². The van der Waals surface area contributed by atoms with Gasteiger partial charge in [-0.15, -0.1) is 0 Å². The van der Waals surface area contributed by atoms with Crippen LogP contribution in [-0.4, -0.2) is 11.3 Å². The molecule has 0 aliphatic carbocycles. The van der Waals surface area contributed by atoms with Gasteiger partial charge in [0.25, 0.3) is 0 Å². The second-order valence-electron chi connectivity index (χ2n) is 2.24. The van der Waals surface area contributed by atoms with E-state index in [1.807, 2.05) is 19.9 Å². The minimum atomic E-state index is 0.711. The third kappa shape index (κ3) is 1.05. The predicted octanol–water partition coefficient (Wildman–Crippen LogP) is 1.51. The smallest absolute Gasteiger partial charge is 0.152 e. The van der Waals surface area contributed by atoms with Gasteiger partial charge in [0.2, 0.25) is 0 Å². The fourth-order valence-electron chi connectivity index (χ4n) is 0.884. The van der Waals surface area contributed by atoms with E-state index in [4.69, 9.17) is 0 Å². The predicted molar refractivity (Wildman–Crippen MR) is 39.1 cm³/mol. The molecule has 2 heteroatoms. The molecule has 1 aromatic rings. The SMILES string of the molecule is Cc1ccnc(C)c1C=O. The van der Waals surface area contributed by atoms with Crippen LogP contribution in [0.2, 0.25) is 0 Å². The molecule has 0 saturated carbocycles. The highest BCUT2D eigenvalue weighted by atomic mass is 16.1. The lowest BCUT2D eigenvalue weighted by molar-refractivity contribution is 0.112. The van der Waals surface area contributed by atoms with Crippen molar-refractivity contribution in [3.63, 3.8) is 0 Å². The average Bonchev–Trinajstić information content (AvgIpc) is 1.88. The Bertz CT molecular complexity index is 235. The third-order valence-electron chi connectivity index (χ3n) is 1.53. The van der Waals surface area contributed by atoms with Crippen LogP contribution < -0.4 is 0 Å². The number of hydrogen-bond donors (Lipinski definition) is 0. The van der Waals surface area contributed by atoms with Crippen molar-refractivity contribution in [3.05, 3.63) is 29.1 Å². The van der Waals surface area contributed by atoms with Gasteiger partial charge < -0.3 is 0 Å². The lowest BCUT2D eigenvalue weighted by Crippen LogP contribution is -1.92. The molecule has 0 amide bonds. The molecular formula is C8H9NO. The maximum atomic E-state index is 10.4. The van der Waals surface area contributed by atoms with Crippen LogP contribution >= 0.6 is 0 Å². The van der Waals surface area contributed by atoms with Gasteiger partial charge in [-0.3, -0.25) is 9.78 Å². The lowest BCUT2D eigenvalue weighted by Gasteiger charge is -1.98. The molecule has 1 rings (SSSR count). The summed E-state index contributed by atoms with van der Waals surface area (Å²) >= 11 is 0. The maximum absolute atomic E-state index is 10.4. The van der Waals surface area contributed by atoms with Crippen molar-refractivity contribution in [2.45, 2.75) is 13.8 Å². The second-order valence-corrected chi connectivity index (χ2v) is 2.24. The quantitative estimate of drug-likeness (QED) is 0.546. The zero-order valence-corrected chi connectivity index (χ0v) is 6.09. The molecule has 1 aromatic heterocycles. The Hall–Kier alpha value is -1.18. The molecule has 0 spiro atoms. The molecule has 0 unspecified atom stereocenters. The van der Waals surface area contributed by atoms with Crippen molar-refractivity contribution in [2.75, 3.05) is 0 Å². The first-order valence-corrected chi connectivity index (χ1v) is 3.13. The van der Waals surface area contributed by atoms with E-state index in [0.717, 1.165) is 17.5 Å². The lowest BCUT2D eigenvalue weighted by atomic mass is 10.1. The van der Waals surface area contributed by atoms with Gasteiger partial charge in [0.05, 0.1) is 0 Å². The van der Waals surface area contributed by atoms with Gasteiger partial charge >= 0.3 is 0 Å². The summed E-state index contributed by atoms with van der Waals surface area (Å²) in [4.78, 5) is 14.4. The van der Waals surface area contributed by atoms with E-state index in [2.05, 4.69) is 4.98 Å².